The van der Waals surface area contributed by atoms with E-state index in [2.05, 4.69) is 0 Å². The molecule has 1 aliphatic rings. The fourth-order valence-corrected chi connectivity index (χ4v) is 3.51. The molecule has 0 spiro atoms. The van der Waals surface area contributed by atoms with Gasteiger partial charge in [-0.25, -0.2) is 4.90 Å². The summed E-state index contributed by atoms with van der Waals surface area (Å²) in [6, 6.07) is 15.4. The summed E-state index contributed by atoms with van der Waals surface area (Å²) in [5, 5.41) is 0. The molecule has 2 aromatic rings. The summed E-state index contributed by atoms with van der Waals surface area (Å²) in [6.45, 7) is 7.80. The maximum absolute atomic E-state index is 13.4. The number of anilines is 1. The van der Waals surface area contributed by atoms with Crippen LogP contribution < -0.4 is 4.90 Å². The first-order valence-electron chi connectivity index (χ1n) is 9.58. The summed E-state index contributed by atoms with van der Waals surface area (Å²) in [5.74, 6) is -0.860. The first-order valence-corrected chi connectivity index (χ1v) is 9.58. The van der Waals surface area contributed by atoms with Crippen LogP contribution in [0.5, 0.6) is 0 Å². The predicted octanol–water partition coefficient (Wildman–Crippen LogP) is 3.96. The molecular weight excluding hydrogens is 352 g/mol. The normalized spacial score (nSPS) is 17.1. The van der Waals surface area contributed by atoms with E-state index in [0.29, 0.717) is 17.7 Å². The van der Waals surface area contributed by atoms with E-state index in [1.54, 1.807) is 41.3 Å². The topological polar surface area (TPSA) is 57.7 Å². The molecule has 0 bridgehead atoms. The zero-order valence-corrected chi connectivity index (χ0v) is 16.8. The van der Waals surface area contributed by atoms with Gasteiger partial charge < -0.3 is 4.90 Å². The van der Waals surface area contributed by atoms with E-state index in [0.717, 1.165) is 5.56 Å². The van der Waals surface area contributed by atoms with Gasteiger partial charge in [-0.1, -0.05) is 42.8 Å². The first kappa shape index (κ1) is 19.8. The van der Waals surface area contributed by atoms with Crippen LogP contribution in [0.3, 0.4) is 0 Å². The molecule has 1 heterocycles. The lowest BCUT2D eigenvalue weighted by Crippen LogP contribution is -2.55. The first-order chi connectivity index (χ1) is 13.3. The second-order valence-electron chi connectivity index (χ2n) is 7.83. The van der Waals surface area contributed by atoms with E-state index < -0.39 is 11.6 Å². The fraction of sp³-hybridized carbons (Fsp3) is 0.348. The number of hydrogen-bond donors (Lipinski definition) is 0. The third-order valence-electron chi connectivity index (χ3n) is 5.48. The monoisotopic (exact) mass is 378 g/mol. The van der Waals surface area contributed by atoms with Crippen LogP contribution in [0.4, 0.5) is 5.69 Å². The van der Waals surface area contributed by atoms with Gasteiger partial charge in [-0.2, -0.15) is 0 Å². The summed E-state index contributed by atoms with van der Waals surface area (Å²) in [5.41, 5.74) is 1.54. The maximum Gasteiger partial charge on any atom is 0.257 e. The molecule has 1 unspecified atom stereocenters. The maximum atomic E-state index is 13.4. The summed E-state index contributed by atoms with van der Waals surface area (Å²) in [4.78, 5) is 42.1. The highest BCUT2D eigenvalue weighted by Gasteiger charge is 2.48. The minimum atomic E-state index is -0.809. The Morgan fingerprint density at radius 2 is 1.68 bits per heavy atom. The Kier molecular flexibility index (Phi) is 5.36. The van der Waals surface area contributed by atoms with Gasteiger partial charge in [0.25, 0.3) is 11.8 Å². The van der Waals surface area contributed by atoms with E-state index >= 15 is 0 Å². The van der Waals surface area contributed by atoms with Crippen molar-refractivity contribution in [3.8, 4) is 0 Å². The minimum Gasteiger partial charge on any atom is -0.321 e. The number of carbonyl (C=O) groups is 3. The van der Waals surface area contributed by atoms with Crippen LogP contribution in [0.1, 0.15) is 49.5 Å². The summed E-state index contributed by atoms with van der Waals surface area (Å²) in [6.07, 6.45) is 0.655. The van der Waals surface area contributed by atoms with Crippen LogP contribution in [-0.4, -0.2) is 34.2 Å². The van der Waals surface area contributed by atoms with Crippen LogP contribution in [0, 0.1) is 6.92 Å². The molecule has 1 aliphatic heterocycles. The van der Waals surface area contributed by atoms with Gasteiger partial charge in [0.05, 0.1) is 12.1 Å². The minimum absolute atomic E-state index is 0.00520. The molecule has 0 aliphatic carbocycles. The average Bonchev–Trinajstić information content (AvgIpc) is 2.96. The van der Waals surface area contributed by atoms with Crippen LogP contribution in [0.15, 0.2) is 54.6 Å². The number of aryl methyl sites for hydroxylation is 1. The number of rotatable bonds is 5. The molecule has 2 aromatic carbocycles. The van der Waals surface area contributed by atoms with E-state index in [1.165, 1.54) is 4.90 Å². The Balaban J connectivity index is 1.99. The van der Waals surface area contributed by atoms with Gasteiger partial charge in [-0.05, 0) is 51.5 Å². The van der Waals surface area contributed by atoms with Crippen molar-refractivity contribution in [3.63, 3.8) is 0 Å². The molecule has 1 atom stereocenters. The Morgan fingerprint density at radius 3 is 2.25 bits per heavy atom. The highest BCUT2D eigenvalue weighted by Crippen LogP contribution is 2.32. The van der Waals surface area contributed by atoms with Crippen molar-refractivity contribution in [2.45, 2.75) is 52.1 Å². The molecule has 0 saturated carbocycles. The number of imide groups is 1. The molecule has 5 nitrogen and oxygen atoms in total. The molecule has 5 heteroatoms. The zero-order chi connectivity index (χ0) is 20.5. The van der Waals surface area contributed by atoms with Gasteiger partial charge in [-0.3, -0.25) is 14.4 Å². The number of hydrogen-bond acceptors (Lipinski definition) is 3. The van der Waals surface area contributed by atoms with E-state index in [9.17, 15) is 14.4 Å². The van der Waals surface area contributed by atoms with Gasteiger partial charge in [0.1, 0.15) is 6.04 Å². The van der Waals surface area contributed by atoms with Crippen molar-refractivity contribution < 1.29 is 14.4 Å². The van der Waals surface area contributed by atoms with Crippen molar-refractivity contribution in [3.05, 3.63) is 65.7 Å². The lowest BCUT2D eigenvalue weighted by atomic mass is 9.94. The lowest BCUT2D eigenvalue weighted by Gasteiger charge is -2.41. The summed E-state index contributed by atoms with van der Waals surface area (Å²) in [7, 11) is 0. The van der Waals surface area contributed by atoms with Crippen LogP contribution in [0.25, 0.3) is 0 Å². The molecule has 0 radical (unpaired) electrons. The Morgan fingerprint density at radius 1 is 1.07 bits per heavy atom. The molecule has 1 saturated heterocycles. The highest BCUT2D eigenvalue weighted by atomic mass is 16.2. The van der Waals surface area contributed by atoms with Gasteiger partial charge in [-0.15, -0.1) is 0 Å². The molecule has 3 amide bonds. The molecule has 28 heavy (non-hydrogen) atoms. The summed E-state index contributed by atoms with van der Waals surface area (Å²) >= 11 is 0. The molecule has 1 fully saturated rings. The van der Waals surface area contributed by atoms with Crippen LogP contribution >= 0.6 is 0 Å². The third kappa shape index (κ3) is 3.57. The standard InChI is InChI=1S/C23H26N2O3/c1-5-23(3,4)25(21(27)17-13-11-16(2)12-14-17)19-15-20(26)24(22(19)28)18-9-7-6-8-10-18/h6-14,19H,5,15H2,1-4H3. The van der Waals surface area contributed by atoms with Crippen molar-refractivity contribution in [2.75, 3.05) is 4.90 Å². The second kappa shape index (κ2) is 7.58. The number of nitrogens with zero attached hydrogens (tertiary/aromatic N) is 2. The number of benzene rings is 2. The van der Waals surface area contributed by atoms with E-state index in [4.69, 9.17) is 0 Å². The van der Waals surface area contributed by atoms with Crippen LogP contribution in [0.2, 0.25) is 0 Å². The Hall–Kier alpha value is -2.95. The smallest absolute Gasteiger partial charge is 0.257 e. The number of para-hydroxylation sites is 1. The molecule has 3 rings (SSSR count). The number of amides is 3. The van der Waals surface area contributed by atoms with Crippen molar-refractivity contribution in [1.82, 2.24) is 4.90 Å². The van der Waals surface area contributed by atoms with Gasteiger partial charge in [0, 0.05) is 11.1 Å². The molecule has 146 valence electrons. The highest BCUT2D eigenvalue weighted by molar-refractivity contribution is 6.23. The third-order valence-corrected chi connectivity index (χ3v) is 5.48. The molecular formula is C23H26N2O3. The fourth-order valence-electron chi connectivity index (χ4n) is 3.51. The second-order valence-corrected chi connectivity index (χ2v) is 7.83. The largest absolute Gasteiger partial charge is 0.321 e. The molecule has 0 N–H and O–H groups in total. The Labute approximate surface area is 166 Å². The number of carbonyl (C=O) groups excluding carboxylic acids is 3. The van der Waals surface area contributed by atoms with Gasteiger partial charge >= 0.3 is 0 Å². The van der Waals surface area contributed by atoms with E-state index in [-0.39, 0.29) is 24.1 Å². The quantitative estimate of drug-likeness (QED) is 0.740. The van der Waals surface area contributed by atoms with Crippen molar-refractivity contribution >= 4 is 23.4 Å². The molecule has 0 aromatic heterocycles. The zero-order valence-electron chi connectivity index (χ0n) is 16.8. The van der Waals surface area contributed by atoms with Gasteiger partial charge in [0.2, 0.25) is 5.91 Å². The van der Waals surface area contributed by atoms with E-state index in [1.807, 2.05) is 45.9 Å². The van der Waals surface area contributed by atoms with Crippen LogP contribution in [-0.2, 0) is 9.59 Å². The predicted molar refractivity (Wildman–Crippen MR) is 109 cm³/mol. The summed E-state index contributed by atoms with van der Waals surface area (Å²) < 4.78 is 0. The average molecular weight is 378 g/mol. The van der Waals surface area contributed by atoms with Crippen molar-refractivity contribution in [1.29, 1.82) is 0 Å². The SMILES string of the molecule is CCC(C)(C)N(C(=O)c1ccc(C)cc1)C1CC(=O)N(c2ccccc2)C1=O. The Bertz CT molecular complexity index is 888. The van der Waals surface area contributed by atoms with Gasteiger partial charge in [0.15, 0.2) is 0 Å². The van der Waals surface area contributed by atoms with Crippen molar-refractivity contribution in [2.24, 2.45) is 0 Å². The lowest BCUT2D eigenvalue weighted by molar-refractivity contribution is -0.123.